The van der Waals surface area contributed by atoms with E-state index in [9.17, 15) is 9.59 Å². The zero-order valence-corrected chi connectivity index (χ0v) is 19.7. The lowest BCUT2D eigenvalue weighted by Crippen LogP contribution is -2.47. The average molecular weight is 498 g/mol. The molecule has 0 saturated heterocycles. The second-order valence-corrected chi connectivity index (χ2v) is 9.19. The fourth-order valence-electron chi connectivity index (χ4n) is 2.78. The van der Waals surface area contributed by atoms with E-state index in [0.29, 0.717) is 31.6 Å². The summed E-state index contributed by atoms with van der Waals surface area (Å²) in [5.74, 6) is -0.944. The monoisotopic (exact) mass is 496 g/mol. The standard InChI is InChI=1S/C21H19Cl3N4O2S/c1-3-11(2)17(25-18(29)13-8-15(23)10-16(24)9-13)19(30)26-21-28-27-20(31-21)12-4-6-14(22)7-5-12/h4-11,17H,3H2,1-2H3,(H,25,29)(H,26,28,30)/t11-,17+/m1/s1. The topological polar surface area (TPSA) is 84.0 Å². The second kappa shape index (κ2) is 10.4. The quantitative estimate of drug-likeness (QED) is 0.422. The molecular formula is C21H19Cl3N4O2S. The molecule has 6 nitrogen and oxygen atoms in total. The highest BCUT2D eigenvalue weighted by atomic mass is 35.5. The Kier molecular flexibility index (Phi) is 7.89. The summed E-state index contributed by atoms with van der Waals surface area (Å²) in [6.07, 6.45) is 0.681. The van der Waals surface area contributed by atoms with Gasteiger partial charge in [-0.1, -0.05) is 78.5 Å². The molecule has 10 heteroatoms. The van der Waals surface area contributed by atoms with Crippen LogP contribution in [-0.2, 0) is 4.79 Å². The summed E-state index contributed by atoms with van der Waals surface area (Å²) in [6, 6.07) is 10.9. The lowest BCUT2D eigenvalue weighted by atomic mass is 9.98. The highest BCUT2D eigenvalue weighted by molar-refractivity contribution is 7.18. The molecule has 0 aliphatic rings. The second-order valence-electron chi connectivity index (χ2n) is 6.90. The van der Waals surface area contributed by atoms with Gasteiger partial charge in [-0.2, -0.15) is 0 Å². The number of rotatable bonds is 7. The number of amides is 2. The van der Waals surface area contributed by atoms with Gasteiger partial charge in [0.2, 0.25) is 11.0 Å². The SMILES string of the molecule is CC[C@@H](C)[C@H](NC(=O)c1cc(Cl)cc(Cl)c1)C(=O)Nc1nnc(-c2ccc(Cl)cc2)s1. The Balaban J connectivity index is 1.74. The predicted molar refractivity (Wildman–Crippen MR) is 126 cm³/mol. The maximum atomic E-state index is 12.9. The third kappa shape index (κ3) is 6.17. The maximum Gasteiger partial charge on any atom is 0.252 e. The van der Waals surface area contributed by atoms with E-state index in [2.05, 4.69) is 20.8 Å². The average Bonchev–Trinajstić information content (AvgIpc) is 3.19. The van der Waals surface area contributed by atoms with Crippen molar-refractivity contribution >= 4 is 63.1 Å². The van der Waals surface area contributed by atoms with E-state index < -0.39 is 11.9 Å². The normalized spacial score (nSPS) is 12.8. The summed E-state index contributed by atoms with van der Waals surface area (Å²) in [5.41, 5.74) is 1.12. The molecule has 3 rings (SSSR count). The van der Waals surface area contributed by atoms with Gasteiger partial charge in [0, 0.05) is 26.2 Å². The van der Waals surface area contributed by atoms with Gasteiger partial charge in [-0.25, -0.2) is 0 Å². The number of halogens is 3. The van der Waals surface area contributed by atoms with E-state index in [4.69, 9.17) is 34.8 Å². The predicted octanol–water partition coefficient (Wildman–Crippen LogP) is 5.95. The van der Waals surface area contributed by atoms with E-state index in [1.54, 1.807) is 12.1 Å². The molecule has 0 saturated carbocycles. The van der Waals surface area contributed by atoms with E-state index in [-0.39, 0.29) is 17.4 Å². The van der Waals surface area contributed by atoms with Crippen molar-refractivity contribution in [1.82, 2.24) is 15.5 Å². The van der Waals surface area contributed by atoms with Crippen LogP contribution in [0.2, 0.25) is 15.1 Å². The minimum Gasteiger partial charge on any atom is -0.340 e. The molecule has 2 atom stereocenters. The van der Waals surface area contributed by atoms with Crippen molar-refractivity contribution in [1.29, 1.82) is 0 Å². The molecule has 2 N–H and O–H groups in total. The number of nitrogens with one attached hydrogen (secondary N) is 2. The third-order valence-electron chi connectivity index (χ3n) is 4.65. The number of carbonyl (C=O) groups excluding carboxylic acids is 2. The Labute approximate surface area is 198 Å². The number of anilines is 1. The maximum absolute atomic E-state index is 12.9. The minimum absolute atomic E-state index is 0.123. The molecule has 0 unspecified atom stereocenters. The molecule has 0 spiro atoms. The fourth-order valence-corrected chi connectivity index (χ4v) is 4.18. The molecular weight excluding hydrogens is 479 g/mol. The summed E-state index contributed by atoms with van der Waals surface area (Å²) in [6.45, 7) is 3.83. The summed E-state index contributed by atoms with van der Waals surface area (Å²) in [7, 11) is 0. The summed E-state index contributed by atoms with van der Waals surface area (Å²) in [4.78, 5) is 25.7. The molecule has 31 heavy (non-hydrogen) atoms. The number of hydrogen-bond acceptors (Lipinski definition) is 5. The van der Waals surface area contributed by atoms with Gasteiger partial charge in [0.05, 0.1) is 0 Å². The molecule has 0 fully saturated rings. The first kappa shape index (κ1) is 23.5. The van der Waals surface area contributed by atoms with Crippen molar-refractivity contribution in [3.05, 3.63) is 63.1 Å². The largest absolute Gasteiger partial charge is 0.340 e. The van der Waals surface area contributed by atoms with Crippen molar-refractivity contribution in [2.24, 2.45) is 5.92 Å². The molecule has 2 amide bonds. The van der Waals surface area contributed by atoms with Crippen LogP contribution in [0.1, 0.15) is 30.6 Å². The Hall–Kier alpha value is -2.19. The van der Waals surface area contributed by atoms with E-state index in [0.717, 1.165) is 5.56 Å². The Bertz CT molecular complexity index is 1070. The van der Waals surface area contributed by atoms with E-state index in [1.165, 1.54) is 29.5 Å². The van der Waals surface area contributed by atoms with Gasteiger partial charge >= 0.3 is 0 Å². The Morgan fingerprint density at radius 2 is 1.65 bits per heavy atom. The van der Waals surface area contributed by atoms with Crippen molar-refractivity contribution in [3.63, 3.8) is 0 Å². The first-order valence-corrected chi connectivity index (χ1v) is 11.4. The first-order valence-electron chi connectivity index (χ1n) is 9.44. The van der Waals surface area contributed by atoms with Gasteiger partial charge in [0.1, 0.15) is 11.0 Å². The van der Waals surface area contributed by atoms with Gasteiger partial charge in [-0.05, 0) is 36.2 Å². The van der Waals surface area contributed by atoms with Crippen molar-refractivity contribution < 1.29 is 9.59 Å². The summed E-state index contributed by atoms with van der Waals surface area (Å²) >= 11 is 19.1. The number of nitrogens with zero attached hydrogens (tertiary/aromatic N) is 2. The zero-order valence-electron chi connectivity index (χ0n) is 16.7. The van der Waals surface area contributed by atoms with Crippen LogP contribution in [0.5, 0.6) is 0 Å². The summed E-state index contributed by atoms with van der Waals surface area (Å²) in [5, 5.41) is 16.0. The van der Waals surface area contributed by atoms with Crippen LogP contribution in [-0.4, -0.2) is 28.1 Å². The molecule has 1 heterocycles. The van der Waals surface area contributed by atoms with E-state index in [1.807, 2.05) is 26.0 Å². The van der Waals surface area contributed by atoms with Crippen molar-refractivity contribution in [2.75, 3.05) is 5.32 Å². The van der Waals surface area contributed by atoms with Crippen LogP contribution in [0.3, 0.4) is 0 Å². The number of carbonyl (C=O) groups is 2. The van der Waals surface area contributed by atoms with Gasteiger partial charge in [0.25, 0.3) is 5.91 Å². The first-order chi connectivity index (χ1) is 14.8. The van der Waals surface area contributed by atoms with Gasteiger partial charge in [-0.15, -0.1) is 10.2 Å². The number of aromatic nitrogens is 2. The zero-order chi connectivity index (χ0) is 22.5. The molecule has 0 bridgehead atoms. The van der Waals surface area contributed by atoms with Crippen LogP contribution in [0, 0.1) is 5.92 Å². The third-order valence-corrected chi connectivity index (χ3v) is 6.23. The highest BCUT2D eigenvalue weighted by Gasteiger charge is 2.27. The van der Waals surface area contributed by atoms with Crippen LogP contribution < -0.4 is 10.6 Å². The number of benzene rings is 2. The molecule has 0 aliphatic carbocycles. The van der Waals surface area contributed by atoms with Crippen LogP contribution in [0.25, 0.3) is 10.6 Å². The fraction of sp³-hybridized carbons (Fsp3) is 0.238. The molecule has 162 valence electrons. The molecule has 1 aromatic heterocycles. The molecule has 0 aliphatic heterocycles. The van der Waals surface area contributed by atoms with Crippen molar-refractivity contribution in [3.8, 4) is 10.6 Å². The van der Waals surface area contributed by atoms with Gasteiger partial charge < -0.3 is 5.32 Å². The van der Waals surface area contributed by atoms with Crippen LogP contribution in [0.4, 0.5) is 5.13 Å². The minimum atomic E-state index is -0.780. The number of hydrogen-bond donors (Lipinski definition) is 2. The Morgan fingerprint density at radius 3 is 2.26 bits per heavy atom. The smallest absolute Gasteiger partial charge is 0.252 e. The van der Waals surface area contributed by atoms with Crippen molar-refractivity contribution in [2.45, 2.75) is 26.3 Å². The molecule has 0 radical (unpaired) electrons. The van der Waals surface area contributed by atoms with E-state index >= 15 is 0 Å². The lowest BCUT2D eigenvalue weighted by molar-refractivity contribution is -0.119. The highest BCUT2D eigenvalue weighted by Crippen LogP contribution is 2.27. The van der Waals surface area contributed by atoms with Gasteiger partial charge in [0.15, 0.2) is 0 Å². The van der Waals surface area contributed by atoms with Crippen LogP contribution in [0.15, 0.2) is 42.5 Å². The Morgan fingerprint density at radius 1 is 1.00 bits per heavy atom. The van der Waals surface area contributed by atoms with Crippen LogP contribution >= 0.6 is 46.1 Å². The summed E-state index contributed by atoms with van der Waals surface area (Å²) < 4.78 is 0. The molecule has 3 aromatic rings. The van der Waals surface area contributed by atoms with Gasteiger partial charge in [-0.3, -0.25) is 14.9 Å². The lowest BCUT2D eigenvalue weighted by Gasteiger charge is -2.23. The molecule has 2 aromatic carbocycles.